The summed E-state index contributed by atoms with van der Waals surface area (Å²) in [6.45, 7) is 5.05. The Morgan fingerprint density at radius 2 is 2.11 bits per heavy atom. The average molecular weight is 249 g/mol. The van der Waals surface area contributed by atoms with Crippen LogP contribution in [0.15, 0.2) is 30.3 Å². The number of carbonyl (C=O) groups is 1. The summed E-state index contributed by atoms with van der Waals surface area (Å²) < 4.78 is 10.5. The van der Waals surface area contributed by atoms with E-state index in [1.807, 2.05) is 30.3 Å². The number of hydrogen-bond acceptors (Lipinski definition) is 3. The molecule has 18 heavy (non-hydrogen) atoms. The summed E-state index contributed by atoms with van der Waals surface area (Å²) >= 11 is 0. The van der Waals surface area contributed by atoms with Gasteiger partial charge in [-0.15, -0.1) is 0 Å². The fourth-order valence-electron chi connectivity index (χ4n) is 1.93. The number of alkyl carbamates (subject to hydrolysis) is 1. The molecule has 2 rings (SSSR count). The highest BCUT2D eigenvalue weighted by Gasteiger charge is 2.46. The van der Waals surface area contributed by atoms with Crippen LogP contribution in [0.3, 0.4) is 0 Å². The van der Waals surface area contributed by atoms with E-state index >= 15 is 0 Å². The highest BCUT2D eigenvalue weighted by atomic mass is 16.6. The van der Waals surface area contributed by atoms with Crippen molar-refractivity contribution in [2.45, 2.75) is 32.6 Å². The van der Waals surface area contributed by atoms with Crippen LogP contribution >= 0.6 is 0 Å². The summed E-state index contributed by atoms with van der Waals surface area (Å²) in [5, 5.41) is 2.79. The number of amides is 1. The van der Waals surface area contributed by atoms with Crippen LogP contribution in [-0.4, -0.2) is 18.4 Å². The third-order valence-electron chi connectivity index (χ3n) is 2.77. The Bertz CT molecular complexity index is 399. The van der Waals surface area contributed by atoms with E-state index in [2.05, 4.69) is 19.2 Å². The number of rotatable bonds is 5. The maximum atomic E-state index is 11.6. The normalized spacial score (nSPS) is 21.7. The first-order chi connectivity index (χ1) is 8.60. The third-order valence-corrected chi connectivity index (χ3v) is 2.77. The summed E-state index contributed by atoms with van der Waals surface area (Å²) in [6, 6.07) is 9.61. The molecule has 1 fully saturated rings. The molecule has 1 unspecified atom stereocenters. The molecule has 1 amide bonds. The zero-order valence-electron chi connectivity index (χ0n) is 10.8. The SMILES string of the molecule is CC(C)CC1(NC(=O)OCc2ccccc2)CO1. The fraction of sp³-hybridized carbons (Fsp3) is 0.500. The summed E-state index contributed by atoms with van der Waals surface area (Å²) in [5.74, 6) is 0.474. The van der Waals surface area contributed by atoms with Gasteiger partial charge in [-0.2, -0.15) is 0 Å². The van der Waals surface area contributed by atoms with Crippen molar-refractivity contribution in [2.24, 2.45) is 5.92 Å². The van der Waals surface area contributed by atoms with Crippen LogP contribution < -0.4 is 5.32 Å². The van der Waals surface area contributed by atoms with Gasteiger partial charge in [-0.1, -0.05) is 44.2 Å². The molecule has 1 saturated heterocycles. The topological polar surface area (TPSA) is 50.9 Å². The molecule has 0 radical (unpaired) electrons. The first-order valence-corrected chi connectivity index (χ1v) is 6.22. The van der Waals surface area contributed by atoms with Crippen molar-refractivity contribution in [3.05, 3.63) is 35.9 Å². The van der Waals surface area contributed by atoms with Crippen LogP contribution in [-0.2, 0) is 16.1 Å². The zero-order valence-corrected chi connectivity index (χ0v) is 10.8. The lowest BCUT2D eigenvalue weighted by molar-refractivity contribution is 0.118. The molecule has 0 aliphatic carbocycles. The molecule has 0 spiro atoms. The minimum Gasteiger partial charge on any atom is -0.445 e. The lowest BCUT2D eigenvalue weighted by Crippen LogP contribution is -2.39. The van der Waals surface area contributed by atoms with Gasteiger partial charge in [-0.05, 0) is 17.9 Å². The monoisotopic (exact) mass is 249 g/mol. The number of ether oxygens (including phenoxy) is 2. The quantitative estimate of drug-likeness (QED) is 0.816. The molecule has 1 N–H and O–H groups in total. The van der Waals surface area contributed by atoms with Crippen molar-refractivity contribution in [1.82, 2.24) is 5.32 Å². The summed E-state index contributed by atoms with van der Waals surface area (Å²) in [6.07, 6.45) is 0.393. The molecule has 1 aliphatic heterocycles. The van der Waals surface area contributed by atoms with Crippen molar-refractivity contribution < 1.29 is 14.3 Å². The predicted molar refractivity (Wildman–Crippen MR) is 67.9 cm³/mol. The summed E-state index contributed by atoms with van der Waals surface area (Å²) in [4.78, 5) is 11.6. The van der Waals surface area contributed by atoms with E-state index in [1.165, 1.54) is 0 Å². The van der Waals surface area contributed by atoms with Gasteiger partial charge in [0.2, 0.25) is 0 Å². The van der Waals surface area contributed by atoms with Crippen molar-refractivity contribution in [2.75, 3.05) is 6.61 Å². The van der Waals surface area contributed by atoms with E-state index in [0.29, 0.717) is 12.5 Å². The van der Waals surface area contributed by atoms with Gasteiger partial charge in [-0.3, -0.25) is 5.32 Å². The van der Waals surface area contributed by atoms with Gasteiger partial charge in [0.25, 0.3) is 0 Å². The summed E-state index contributed by atoms with van der Waals surface area (Å²) in [7, 11) is 0. The molecule has 0 aromatic heterocycles. The van der Waals surface area contributed by atoms with E-state index in [0.717, 1.165) is 12.0 Å². The van der Waals surface area contributed by atoms with Gasteiger partial charge in [0.15, 0.2) is 5.72 Å². The van der Waals surface area contributed by atoms with E-state index in [1.54, 1.807) is 0 Å². The molecular formula is C14H19NO3. The smallest absolute Gasteiger partial charge is 0.409 e. The molecule has 0 bridgehead atoms. The number of hydrogen-bond donors (Lipinski definition) is 1. The highest BCUT2D eigenvalue weighted by molar-refractivity contribution is 5.68. The van der Waals surface area contributed by atoms with Gasteiger partial charge in [0.05, 0.1) is 6.61 Å². The molecular weight excluding hydrogens is 230 g/mol. The minimum absolute atomic E-state index is 0.282. The van der Waals surface area contributed by atoms with Crippen molar-refractivity contribution in [3.63, 3.8) is 0 Å². The van der Waals surface area contributed by atoms with Crippen LogP contribution in [0, 0.1) is 5.92 Å². The molecule has 1 atom stereocenters. The van der Waals surface area contributed by atoms with Crippen LogP contribution in [0.4, 0.5) is 4.79 Å². The van der Waals surface area contributed by atoms with Crippen LogP contribution in [0.1, 0.15) is 25.8 Å². The molecule has 98 valence electrons. The van der Waals surface area contributed by atoms with Gasteiger partial charge in [-0.25, -0.2) is 4.79 Å². The molecule has 4 heteroatoms. The third kappa shape index (κ3) is 3.74. The Hall–Kier alpha value is -1.55. The maximum Gasteiger partial charge on any atom is 0.409 e. The second-order valence-corrected chi connectivity index (χ2v) is 5.07. The Morgan fingerprint density at radius 3 is 2.67 bits per heavy atom. The largest absolute Gasteiger partial charge is 0.445 e. The van der Waals surface area contributed by atoms with Crippen molar-refractivity contribution >= 4 is 6.09 Å². The molecule has 1 aromatic rings. The Morgan fingerprint density at radius 1 is 1.44 bits per heavy atom. The van der Waals surface area contributed by atoms with E-state index in [-0.39, 0.29) is 6.61 Å². The van der Waals surface area contributed by atoms with Gasteiger partial charge < -0.3 is 9.47 Å². The lowest BCUT2D eigenvalue weighted by Gasteiger charge is -2.16. The average Bonchev–Trinajstić information content (AvgIpc) is 3.06. The molecule has 0 saturated carbocycles. The minimum atomic E-state index is -0.484. The highest BCUT2D eigenvalue weighted by Crippen LogP contribution is 2.31. The van der Waals surface area contributed by atoms with Gasteiger partial charge in [0.1, 0.15) is 6.61 Å². The molecule has 1 aromatic carbocycles. The first-order valence-electron chi connectivity index (χ1n) is 6.22. The number of benzene rings is 1. The fourth-order valence-corrected chi connectivity index (χ4v) is 1.93. The second kappa shape index (κ2) is 5.40. The van der Waals surface area contributed by atoms with Gasteiger partial charge in [0, 0.05) is 0 Å². The Balaban J connectivity index is 1.76. The van der Waals surface area contributed by atoms with Crippen LogP contribution in [0.5, 0.6) is 0 Å². The van der Waals surface area contributed by atoms with Crippen molar-refractivity contribution in [3.8, 4) is 0 Å². The Kier molecular flexibility index (Phi) is 3.87. The van der Waals surface area contributed by atoms with E-state index in [4.69, 9.17) is 9.47 Å². The number of carbonyl (C=O) groups excluding carboxylic acids is 1. The van der Waals surface area contributed by atoms with Crippen molar-refractivity contribution in [1.29, 1.82) is 0 Å². The standard InChI is InChI=1S/C14H19NO3/c1-11(2)8-14(10-18-14)15-13(16)17-9-12-6-4-3-5-7-12/h3-7,11H,8-10H2,1-2H3,(H,15,16). The predicted octanol–water partition coefficient (Wildman–Crippen LogP) is 2.69. The maximum absolute atomic E-state index is 11.6. The number of epoxide rings is 1. The van der Waals surface area contributed by atoms with E-state index in [9.17, 15) is 4.79 Å². The van der Waals surface area contributed by atoms with Crippen LogP contribution in [0.2, 0.25) is 0 Å². The molecule has 1 heterocycles. The zero-order chi connectivity index (χ0) is 13.0. The van der Waals surface area contributed by atoms with Crippen LogP contribution in [0.25, 0.3) is 0 Å². The molecule has 4 nitrogen and oxygen atoms in total. The van der Waals surface area contributed by atoms with E-state index < -0.39 is 11.8 Å². The number of nitrogens with one attached hydrogen (secondary N) is 1. The second-order valence-electron chi connectivity index (χ2n) is 5.07. The Labute approximate surface area is 107 Å². The first kappa shape index (κ1) is 12.9. The molecule has 1 aliphatic rings. The van der Waals surface area contributed by atoms with Gasteiger partial charge >= 0.3 is 6.09 Å². The lowest BCUT2D eigenvalue weighted by atomic mass is 10.1. The summed E-state index contributed by atoms with van der Waals surface area (Å²) in [5.41, 5.74) is 0.490.